The van der Waals surface area contributed by atoms with Gasteiger partial charge in [-0.25, -0.2) is 0 Å². The Balaban J connectivity index is 1.46. The number of benzene rings is 3. The summed E-state index contributed by atoms with van der Waals surface area (Å²) >= 11 is 1.46. The van der Waals surface area contributed by atoms with Gasteiger partial charge in [0.1, 0.15) is 5.75 Å². The monoisotopic (exact) mass is 406 g/mol. The van der Waals surface area contributed by atoms with Crippen molar-refractivity contribution in [2.45, 2.75) is 17.1 Å². The maximum Gasteiger partial charge on any atom is 0.262 e. The highest BCUT2D eigenvalue weighted by molar-refractivity contribution is 8.00. The number of ether oxygens (including phenoxy) is 1. The second kappa shape index (κ2) is 10.3. The van der Waals surface area contributed by atoms with E-state index in [9.17, 15) is 9.59 Å². The standard InChI is InChI=1S/C23H22N2O3S/c1-17(23(27)25-18-8-4-2-5-9-18)29-21-14-12-19(13-15-21)24-22(26)16-28-20-10-6-3-7-11-20/h2-15,17H,16H2,1H3,(H,24,26)(H,25,27). The Morgan fingerprint density at radius 2 is 1.41 bits per heavy atom. The third-order valence-corrected chi connectivity index (χ3v) is 5.09. The van der Waals surface area contributed by atoms with E-state index < -0.39 is 0 Å². The highest BCUT2D eigenvalue weighted by Gasteiger charge is 2.14. The molecule has 0 bridgehead atoms. The van der Waals surface area contributed by atoms with Crippen molar-refractivity contribution in [3.05, 3.63) is 84.9 Å². The fourth-order valence-electron chi connectivity index (χ4n) is 2.50. The van der Waals surface area contributed by atoms with E-state index in [1.807, 2.05) is 79.7 Å². The normalized spacial score (nSPS) is 11.3. The highest BCUT2D eigenvalue weighted by Crippen LogP contribution is 2.25. The molecule has 0 fully saturated rings. The van der Waals surface area contributed by atoms with Crippen molar-refractivity contribution in [3.8, 4) is 5.75 Å². The molecular formula is C23H22N2O3S. The Bertz CT molecular complexity index is 931. The molecule has 0 aliphatic rings. The van der Waals surface area contributed by atoms with Crippen LogP contribution in [0.3, 0.4) is 0 Å². The Kier molecular flexibility index (Phi) is 7.30. The van der Waals surface area contributed by atoms with Crippen LogP contribution in [0.2, 0.25) is 0 Å². The number of hydrogen-bond acceptors (Lipinski definition) is 4. The highest BCUT2D eigenvalue weighted by atomic mass is 32.2. The molecule has 0 spiro atoms. The van der Waals surface area contributed by atoms with Gasteiger partial charge in [0.05, 0.1) is 5.25 Å². The second-order valence-electron chi connectivity index (χ2n) is 6.29. The minimum atomic E-state index is -0.255. The number of carbonyl (C=O) groups excluding carboxylic acids is 2. The number of nitrogens with one attached hydrogen (secondary N) is 2. The van der Waals surface area contributed by atoms with Gasteiger partial charge in [0.25, 0.3) is 5.91 Å². The number of amides is 2. The molecule has 0 saturated carbocycles. The number of thioether (sulfide) groups is 1. The molecule has 3 rings (SSSR count). The minimum absolute atomic E-state index is 0.0583. The number of rotatable bonds is 8. The molecule has 0 aliphatic carbocycles. The summed E-state index contributed by atoms with van der Waals surface area (Å²) in [6.45, 7) is 1.80. The fourth-order valence-corrected chi connectivity index (χ4v) is 3.37. The zero-order chi connectivity index (χ0) is 20.5. The van der Waals surface area contributed by atoms with E-state index in [1.165, 1.54) is 11.8 Å². The van der Waals surface area contributed by atoms with Crippen LogP contribution in [-0.2, 0) is 9.59 Å². The lowest BCUT2D eigenvalue weighted by Crippen LogP contribution is -2.22. The average Bonchev–Trinajstić information content (AvgIpc) is 2.75. The quantitative estimate of drug-likeness (QED) is 0.526. The molecule has 0 radical (unpaired) electrons. The third kappa shape index (κ3) is 6.69. The van der Waals surface area contributed by atoms with E-state index in [2.05, 4.69) is 10.6 Å². The largest absolute Gasteiger partial charge is 0.484 e. The Morgan fingerprint density at radius 3 is 2.07 bits per heavy atom. The first-order valence-corrected chi connectivity index (χ1v) is 10.1. The van der Waals surface area contributed by atoms with E-state index in [-0.39, 0.29) is 23.7 Å². The topological polar surface area (TPSA) is 67.4 Å². The van der Waals surface area contributed by atoms with Crippen molar-refractivity contribution in [2.75, 3.05) is 17.2 Å². The molecule has 148 valence electrons. The van der Waals surface area contributed by atoms with Gasteiger partial charge in [-0.15, -0.1) is 11.8 Å². The molecule has 29 heavy (non-hydrogen) atoms. The van der Waals surface area contributed by atoms with Gasteiger partial charge in [0.2, 0.25) is 5.91 Å². The Hall–Kier alpha value is -3.25. The van der Waals surface area contributed by atoms with E-state index in [0.29, 0.717) is 11.4 Å². The van der Waals surface area contributed by atoms with Crippen LogP contribution >= 0.6 is 11.8 Å². The number of anilines is 2. The van der Waals surface area contributed by atoms with Crippen LogP contribution in [-0.4, -0.2) is 23.7 Å². The second-order valence-corrected chi connectivity index (χ2v) is 7.70. The van der Waals surface area contributed by atoms with Gasteiger partial charge >= 0.3 is 0 Å². The smallest absolute Gasteiger partial charge is 0.262 e. The predicted molar refractivity (Wildman–Crippen MR) is 117 cm³/mol. The summed E-state index contributed by atoms with van der Waals surface area (Å²) in [7, 11) is 0. The van der Waals surface area contributed by atoms with Crippen molar-refractivity contribution in [1.29, 1.82) is 0 Å². The average molecular weight is 407 g/mol. The first-order chi connectivity index (χ1) is 14.1. The molecule has 1 unspecified atom stereocenters. The molecule has 0 heterocycles. The van der Waals surface area contributed by atoms with Gasteiger partial charge in [0.15, 0.2) is 6.61 Å². The van der Waals surface area contributed by atoms with Crippen LogP contribution < -0.4 is 15.4 Å². The number of hydrogen-bond donors (Lipinski definition) is 2. The molecule has 0 aliphatic heterocycles. The maximum atomic E-state index is 12.3. The summed E-state index contributed by atoms with van der Waals surface area (Å²) < 4.78 is 5.43. The molecule has 1 atom stereocenters. The molecular weight excluding hydrogens is 384 g/mol. The summed E-state index contributed by atoms with van der Waals surface area (Å²) in [5.41, 5.74) is 1.46. The Morgan fingerprint density at radius 1 is 0.828 bits per heavy atom. The summed E-state index contributed by atoms with van der Waals surface area (Å²) in [6.07, 6.45) is 0. The van der Waals surface area contributed by atoms with Crippen molar-refractivity contribution < 1.29 is 14.3 Å². The van der Waals surface area contributed by atoms with Crippen molar-refractivity contribution in [1.82, 2.24) is 0 Å². The summed E-state index contributed by atoms with van der Waals surface area (Å²) in [6, 6.07) is 25.9. The lowest BCUT2D eigenvalue weighted by atomic mass is 10.3. The van der Waals surface area contributed by atoms with Gasteiger partial charge < -0.3 is 15.4 Å². The third-order valence-electron chi connectivity index (χ3n) is 3.97. The van der Waals surface area contributed by atoms with Gasteiger partial charge in [0, 0.05) is 16.3 Å². The van der Waals surface area contributed by atoms with E-state index in [1.54, 1.807) is 12.1 Å². The molecule has 6 heteroatoms. The van der Waals surface area contributed by atoms with Gasteiger partial charge in [-0.3, -0.25) is 9.59 Å². The number of carbonyl (C=O) groups is 2. The van der Waals surface area contributed by atoms with Gasteiger partial charge in [-0.1, -0.05) is 36.4 Å². The van der Waals surface area contributed by atoms with Crippen LogP contribution in [0.4, 0.5) is 11.4 Å². The minimum Gasteiger partial charge on any atom is -0.484 e. The molecule has 2 N–H and O–H groups in total. The van der Waals surface area contributed by atoms with E-state index >= 15 is 0 Å². The molecule has 0 aromatic heterocycles. The molecule has 2 amide bonds. The van der Waals surface area contributed by atoms with Gasteiger partial charge in [-0.05, 0) is 55.5 Å². The first-order valence-electron chi connectivity index (χ1n) is 9.20. The van der Waals surface area contributed by atoms with Crippen LogP contribution in [0.25, 0.3) is 0 Å². The maximum absolute atomic E-state index is 12.3. The number of para-hydroxylation sites is 2. The van der Waals surface area contributed by atoms with E-state index in [0.717, 1.165) is 10.6 Å². The van der Waals surface area contributed by atoms with E-state index in [4.69, 9.17) is 4.74 Å². The van der Waals surface area contributed by atoms with Crippen LogP contribution in [0.1, 0.15) is 6.92 Å². The van der Waals surface area contributed by atoms with Crippen LogP contribution in [0, 0.1) is 0 Å². The van der Waals surface area contributed by atoms with Crippen LogP contribution in [0.15, 0.2) is 89.8 Å². The SMILES string of the molecule is CC(Sc1ccc(NC(=O)COc2ccccc2)cc1)C(=O)Nc1ccccc1. The predicted octanol–water partition coefficient (Wildman–Crippen LogP) is 4.82. The summed E-state index contributed by atoms with van der Waals surface area (Å²) in [4.78, 5) is 25.3. The molecule has 3 aromatic carbocycles. The lowest BCUT2D eigenvalue weighted by Gasteiger charge is -2.12. The first kappa shape index (κ1) is 20.5. The molecule has 5 nitrogen and oxygen atoms in total. The van der Waals surface area contributed by atoms with Crippen LogP contribution in [0.5, 0.6) is 5.75 Å². The Labute approximate surface area is 174 Å². The zero-order valence-corrected chi connectivity index (χ0v) is 16.8. The summed E-state index contributed by atoms with van der Waals surface area (Å²) in [5, 5.41) is 5.44. The molecule has 0 saturated heterocycles. The zero-order valence-electron chi connectivity index (χ0n) is 16.0. The molecule has 3 aromatic rings. The van der Waals surface area contributed by atoms with Crippen molar-refractivity contribution >= 4 is 35.0 Å². The van der Waals surface area contributed by atoms with Crippen molar-refractivity contribution in [3.63, 3.8) is 0 Å². The van der Waals surface area contributed by atoms with Gasteiger partial charge in [-0.2, -0.15) is 0 Å². The fraction of sp³-hybridized carbons (Fsp3) is 0.130. The van der Waals surface area contributed by atoms with Crippen molar-refractivity contribution in [2.24, 2.45) is 0 Å². The summed E-state index contributed by atoms with van der Waals surface area (Å²) in [5.74, 6) is 0.360. The lowest BCUT2D eigenvalue weighted by molar-refractivity contribution is -0.118.